The van der Waals surface area contributed by atoms with Gasteiger partial charge in [-0.2, -0.15) is 0 Å². The van der Waals surface area contributed by atoms with Crippen molar-refractivity contribution in [3.05, 3.63) is 75.8 Å². The number of amides is 2. The molecule has 2 N–H and O–H groups in total. The summed E-state index contributed by atoms with van der Waals surface area (Å²) in [4.78, 5) is 32.0. The van der Waals surface area contributed by atoms with Gasteiger partial charge in [0, 0.05) is 41.8 Å². The van der Waals surface area contributed by atoms with E-state index in [1.165, 1.54) is 5.56 Å². The van der Waals surface area contributed by atoms with E-state index in [0.717, 1.165) is 39.2 Å². The fraction of sp³-hybridized carbons (Fsp3) is 0.269. The van der Waals surface area contributed by atoms with Gasteiger partial charge in [0.25, 0.3) is 5.91 Å². The van der Waals surface area contributed by atoms with E-state index in [1.807, 2.05) is 29.2 Å². The van der Waals surface area contributed by atoms with Crippen LogP contribution in [0.25, 0.3) is 22.5 Å². The zero-order valence-electron chi connectivity index (χ0n) is 18.3. The lowest BCUT2D eigenvalue weighted by Gasteiger charge is -2.27. The minimum atomic E-state index is -0.467. The highest BCUT2D eigenvalue weighted by atomic mass is 16.5. The molecular weight excluding hydrogens is 402 g/mol. The highest BCUT2D eigenvalue weighted by molar-refractivity contribution is 6.00. The molecule has 1 aliphatic carbocycles. The van der Waals surface area contributed by atoms with Crippen molar-refractivity contribution in [1.82, 2.24) is 9.88 Å². The monoisotopic (exact) mass is 427 g/mol. The van der Waals surface area contributed by atoms with Crippen LogP contribution in [-0.4, -0.2) is 48.0 Å². The number of fused-ring (bicyclic) bond motifs is 3. The third kappa shape index (κ3) is 3.46. The zero-order chi connectivity index (χ0) is 22.4. The molecule has 1 fully saturated rings. The second kappa shape index (κ2) is 7.88. The summed E-state index contributed by atoms with van der Waals surface area (Å²) in [5.41, 5.74) is 14.5. The summed E-state index contributed by atoms with van der Waals surface area (Å²) in [6.07, 6.45) is 0.535. The highest BCUT2D eigenvalue weighted by Crippen LogP contribution is 2.39. The van der Waals surface area contributed by atoms with Crippen LogP contribution < -0.4 is 5.73 Å². The molecule has 32 heavy (non-hydrogen) atoms. The van der Waals surface area contributed by atoms with Crippen molar-refractivity contribution in [3.8, 4) is 22.5 Å². The second-order valence-electron chi connectivity index (χ2n) is 8.50. The van der Waals surface area contributed by atoms with Crippen molar-refractivity contribution in [2.24, 2.45) is 5.73 Å². The summed E-state index contributed by atoms with van der Waals surface area (Å²) in [5, 5.41) is 0. The molecule has 2 amide bonds. The van der Waals surface area contributed by atoms with E-state index in [1.54, 1.807) is 6.07 Å². The Morgan fingerprint density at radius 2 is 1.78 bits per heavy atom. The van der Waals surface area contributed by atoms with Gasteiger partial charge in [-0.25, -0.2) is 4.98 Å². The first-order valence-corrected chi connectivity index (χ1v) is 10.8. The maximum Gasteiger partial charge on any atom is 0.254 e. The number of carbonyl (C=O) groups is 2. The van der Waals surface area contributed by atoms with Crippen LogP contribution in [0, 0.1) is 13.8 Å². The van der Waals surface area contributed by atoms with Gasteiger partial charge in [-0.1, -0.05) is 18.2 Å². The smallest absolute Gasteiger partial charge is 0.254 e. The Bertz CT molecular complexity index is 1260. The number of aryl methyl sites for hydroxylation is 2. The topological polar surface area (TPSA) is 85.5 Å². The van der Waals surface area contributed by atoms with Crippen LogP contribution in [0.4, 0.5) is 0 Å². The number of rotatable bonds is 3. The Morgan fingerprint density at radius 3 is 2.50 bits per heavy atom. The van der Waals surface area contributed by atoms with Crippen LogP contribution in [-0.2, 0) is 11.2 Å². The van der Waals surface area contributed by atoms with Gasteiger partial charge in [0.05, 0.1) is 24.6 Å². The van der Waals surface area contributed by atoms with Crippen LogP contribution in [0.1, 0.15) is 43.0 Å². The molecule has 3 aromatic rings. The average Bonchev–Trinajstić information content (AvgIpc) is 3.18. The molecule has 2 aliphatic rings. The zero-order valence-corrected chi connectivity index (χ0v) is 18.3. The van der Waals surface area contributed by atoms with E-state index >= 15 is 0 Å². The summed E-state index contributed by atoms with van der Waals surface area (Å²) in [7, 11) is 0. The van der Waals surface area contributed by atoms with Gasteiger partial charge in [0.2, 0.25) is 5.91 Å². The lowest BCUT2D eigenvalue weighted by atomic mass is 9.99. The van der Waals surface area contributed by atoms with Crippen molar-refractivity contribution in [1.29, 1.82) is 0 Å². The fourth-order valence-corrected chi connectivity index (χ4v) is 4.49. The van der Waals surface area contributed by atoms with E-state index in [0.29, 0.717) is 43.9 Å². The van der Waals surface area contributed by atoms with Gasteiger partial charge in [-0.05, 0) is 60.4 Å². The molecule has 0 spiro atoms. The molecule has 0 bridgehead atoms. The largest absolute Gasteiger partial charge is 0.378 e. The van der Waals surface area contributed by atoms with E-state index in [2.05, 4.69) is 26.0 Å². The first-order chi connectivity index (χ1) is 15.4. The molecule has 1 saturated heterocycles. The van der Waals surface area contributed by atoms with Crippen LogP contribution in [0.3, 0.4) is 0 Å². The van der Waals surface area contributed by atoms with Crippen LogP contribution >= 0.6 is 0 Å². The van der Waals surface area contributed by atoms with E-state index in [-0.39, 0.29) is 5.91 Å². The number of nitrogens with two attached hydrogens (primary N) is 1. The first kappa shape index (κ1) is 20.4. The normalized spacial score (nSPS) is 14.8. The number of pyridine rings is 1. The lowest BCUT2D eigenvalue weighted by Crippen LogP contribution is -2.40. The molecule has 162 valence electrons. The third-order valence-corrected chi connectivity index (χ3v) is 6.47. The highest BCUT2D eigenvalue weighted by Gasteiger charge is 2.28. The average molecular weight is 428 g/mol. The Hall–Kier alpha value is -3.51. The number of primary amides is 1. The summed E-state index contributed by atoms with van der Waals surface area (Å²) < 4.78 is 5.35. The number of ether oxygens (including phenoxy) is 1. The molecule has 6 nitrogen and oxygen atoms in total. The number of aromatic nitrogens is 1. The number of nitrogens with zero attached hydrogens (tertiary/aromatic N) is 2. The van der Waals surface area contributed by atoms with Crippen molar-refractivity contribution < 1.29 is 14.3 Å². The van der Waals surface area contributed by atoms with Crippen molar-refractivity contribution in [3.63, 3.8) is 0 Å². The number of morpholine rings is 1. The maximum atomic E-state index is 12.9. The number of hydrogen-bond acceptors (Lipinski definition) is 4. The van der Waals surface area contributed by atoms with Crippen LogP contribution in [0.15, 0.2) is 42.5 Å². The molecular formula is C26H25N3O3. The van der Waals surface area contributed by atoms with Gasteiger partial charge in [0.15, 0.2) is 0 Å². The second-order valence-corrected chi connectivity index (χ2v) is 8.50. The number of benzene rings is 2. The molecule has 1 aromatic heterocycles. The van der Waals surface area contributed by atoms with Gasteiger partial charge >= 0.3 is 0 Å². The molecule has 2 aromatic carbocycles. The third-order valence-electron chi connectivity index (χ3n) is 6.47. The van der Waals surface area contributed by atoms with Gasteiger partial charge < -0.3 is 15.4 Å². The Balaban J connectivity index is 1.57. The fourth-order valence-electron chi connectivity index (χ4n) is 4.49. The predicted molar refractivity (Wildman–Crippen MR) is 123 cm³/mol. The van der Waals surface area contributed by atoms with Crippen molar-refractivity contribution >= 4 is 11.8 Å². The molecule has 6 heteroatoms. The van der Waals surface area contributed by atoms with E-state index < -0.39 is 5.91 Å². The van der Waals surface area contributed by atoms with E-state index in [4.69, 9.17) is 15.5 Å². The predicted octanol–water partition coefficient (Wildman–Crippen LogP) is 3.51. The summed E-state index contributed by atoms with van der Waals surface area (Å²) in [5.74, 6) is -0.461. The standard InChI is InChI=1S/C26H25N3O3/c1-15-3-4-17(11-16(15)2)23-14-22(25(27)30)21-13-19-12-18(5-6-20(19)24(21)28-23)26(31)29-7-9-32-10-8-29/h3-6,11-12,14H,7-10,13H2,1-2H3,(H2,27,30). The summed E-state index contributed by atoms with van der Waals surface area (Å²) in [6.45, 7) is 6.45. The minimum Gasteiger partial charge on any atom is -0.378 e. The van der Waals surface area contributed by atoms with Gasteiger partial charge in [-0.15, -0.1) is 0 Å². The molecule has 2 heterocycles. The number of carbonyl (C=O) groups excluding carboxylic acids is 2. The number of hydrogen-bond donors (Lipinski definition) is 1. The maximum absolute atomic E-state index is 12.9. The molecule has 0 unspecified atom stereocenters. The molecule has 1 aliphatic heterocycles. The molecule has 0 atom stereocenters. The van der Waals surface area contributed by atoms with Gasteiger partial charge in [0.1, 0.15) is 0 Å². The lowest BCUT2D eigenvalue weighted by molar-refractivity contribution is 0.0303. The van der Waals surface area contributed by atoms with Crippen molar-refractivity contribution in [2.75, 3.05) is 26.3 Å². The SMILES string of the molecule is Cc1ccc(-c2cc(C(N)=O)c3c(n2)-c2ccc(C(=O)N4CCOCC4)cc2C3)cc1C. The van der Waals surface area contributed by atoms with Crippen LogP contribution in [0.5, 0.6) is 0 Å². The van der Waals surface area contributed by atoms with Crippen LogP contribution in [0.2, 0.25) is 0 Å². The Morgan fingerprint density at radius 1 is 1.00 bits per heavy atom. The van der Waals surface area contributed by atoms with Crippen molar-refractivity contribution in [2.45, 2.75) is 20.3 Å². The molecule has 0 radical (unpaired) electrons. The Kier molecular flexibility index (Phi) is 5.02. The quantitative estimate of drug-likeness (QED) is 0.542. The molecule has 0 saturated carbocycles. The summed E-state index contributed by atoms with van der Waals surface area (Å²) in [6, 6.07) is 13.7. The van der Waals surface area contributed by atoms with Gasteiger partial charge in [-0.3, -0.25) is 9.59 Å². The Labute approximate surface area is 187 Å². The van der Waals surface area contributed by atoms with E-state index in [9.17, 15) is 9.59 Å². The minimum absolute atomic E-state index is 0.00552. The summed E-state index contributed by atoms with van der Waals surface area (Å²) >= 11 is 0. The first-order valence-electron chi connectivity index (χ1n) is 10.8. The molecule has 5 rings (SSSR count).